The van der Waals surface area contributed by atoms with Crippen molar-refractivity contribution in [3.05, 3.63) is 82.0 Å². The number of nitrogens with zero attached hydrogens (tertiary/aromatic N) is 4. The lowest BCUT2D eigenvalue weighted by Crippen LogP contribution is -2.40. The van der Waals surface area contributed by atoms with Gasteiger partial charge in [0.2, 0.25) is 0 Å². The molecule has 1 amide bonds. The average molecular weight is 415 g/mol. The molecule has 4 aromatic rings. The number of rotatable bonds is 3. The molecule has 1 fully saturated rings. The molecule has 31 heavy (non-hydrogen) atoms. The summed E-state index contributed by atoms with van der Waals surface area (Å²) in [5.41, 5.74) is 5.35. The van der Waals surface area contributed by atoms with Gasteiger partial charge in [-0.2, -0.15) is 5.10 Å². The molecule has 0 unspecified atom stereocenters. The summed E-state index contributed by atoms with van der Waals surface area (Å²) < 4.78 is 3.73. The number of aryl methyl sites for hydroxylation is 2. The summed E-state index contributed by atoms with van der Waals surface area (Å²) in [7, 11) is 0. The maximum Gasteiger partial charge on any atom is 0.326 e. The lowest BCUT2D eigenvalue weighted by atomic mass is 10.0. The number of carbonyl (C=O) groups is 1. The number of piperidine rings is 1. The van der Waals surface area contributed by atoms with Crippen LogP contribution >= 0.6 is 0 Å². The highest BCUT2D eigenvalue weighted by Crippen LogP contribution is 2.26. The molecule has 0 saturated carbocycles. The van der Waals surface area contributed by atoms with Crippen LogP contribution in [0.15, 0.2) is 59.4 Å². The van der Waals surface area contributed by atoms with Crippen LogP contribution in [0.2, 0.25) is 0 Å². The van der Waals surface area contributed by atoms with Gasteiger partial charge in [-0.05, 0) is 69.2 Å². The van der Waals surface area contributed by atoms with Gasteiger partial charge in [-0.3, -0.25) is 9.36 Å². The quantitative estimate of drug-likeness (QED) is 0.555. The van der Waals surface area contributed by atoms with Crippen LogP contribution in [0.25, 0.3) is 16.7 Å². The van der Waals surface area contributed by atoms with Gasteiger partial charge >= 0.3 is 5.69 Å². The van der Waals surface area contributed by atoms with Crippen LogP contribution in [0.1, 0.15) is 40.6 Å². The number of benzene rings is 2. The number of H-pyrrole nitrogens is 1. The fourth-order valence-corrected chi connectivity index (χ4v) is 4.58. The first-order valence-electron chi connectivity index (χ1n) is 10.6. The van der Waals surface area contributed by atoms with E-state index in [2.05, 4.69) is 10.1 Å². The van der Waals surface area contributed by atoms with E-state index < -0.39 is 0 Å². The third-order valence-corrected chi connectivity index (χ3v) is 6.11. The summed E-state index contributed by atoms with van der Waals surface area (Å²) >= 11 is 0. The summed E-state index contributed by atoms with van der Waals surface area (Å²) in [6.45, 7) is 5.25. The zero-order chi connectivity index (χ0) is 21.5. The molecule has 7 heteroatoms. The monoisotopic (exact) mass is 415 g/mol. The Morgan fingerprint density at radius 1 is 1.03 bits per heavy atom. The Balaban J connectivity index is 1.29. The number of hydrogen-bond donors (Lipinski definition) is 1. The van der Waals surface area contributed by atoms with Crippen molar-refractivity contribution >= 4 is 16.9 Å². The van der Waals surface area contributed by atoms with Gasteiger partial charge in [-0.1, -0.05) is 12.1 Å². The van der Waals surface area contributed by atoms with Gasteiger partial charge in [0.1, 0.15) is 0 Å². The molecule has 158 valence electrons. The molecule has 7 nitrogen and oxygen atoms in total. The Bertz CT molecular complexity index is 1300. The van der Waals surface area contributed by atoms with Gasteiger partial charge in [0, 0.05) is 30.4 Å². The Morgan fingerprint density at radius 3 is 2.42 bits per heavy atom. The number of imidazole rings is 1. The van der Waals surface area contributed by atoms with Gasteiger partial charge in [-0.15, -0.1) is 0 Å². The third-order valence-electron chi connectivity index (χ3n) is 6.11. The molecule has 0 bridgehead atoms. The van der Waals surface area contributed by atoms with E-state index in [1.54, 1.807) is 0 Å². The minimum absolute atomic E-state index is 0.0321. The molecule has 5 rings (SSSR count). The summed E-state index contributed by atoms with van der Waals surface area (Å²) in [5, 5.41) is 4.50. The Morgan fingerprint density at radius 2 is 1.74 bits per heavy atom. The van der Waals surface area contributed by atoms with Crippen LogP contribution < -0.4 is 5.69 Å². The summed E-state index contributed by atoms with van der Waals surface area (Å²) in [4.78, 5) is 30.3. The van der Waals surface area contributed by atoms with Crippen LogP contribution in [0, 0.1) is 13.8 Å². The molecular formula is C24H25N5O2. The van der Waals surface area contributed by atoms with Gasteiger partial charge in [-0.25, -0.2) is 9.48 Å². The number of para-hydroxylation sites is 2. The van der Waals surface area contributed by atoms with E-state index in [0.717, 1.165) is 41.0 Å². The van der Waals surface area contributed by atoms with Crippen molar-refractivity contribution in [2.75, 3.05) is 13.1 Å². The second kappa shape index (κ2) is 7.58. The molecule has 1 N–H and O–H groups in total. The first-order valence-corrected chi connectivity index (χ1v) is 10.6. The van der Waals surface area contributed by atoms with E-state index in [-0.39, 0.29) is 17.6 Å². The minimum Gasteiger partial charge on any atom is -0.338 e. The predicted octanol–water partition coefficient (Wildman–Crippen LogP) is 3.61. The van der Waals surface area contributed by atoms with Crippen molar-refractivity contribution < 1.29 is 4.79 Å². The average Bonchev–Trinajstić information content (AvgIpc) is 3.30. The minimum atomic E-state index is -0.0780. The molecule has 0 radical (unpaired) electrons. The normalized spacial score (nSPS) is 15.0. The Labute approximate surface area is 179 Å². The molecule has 0 spiro atoms. The summed E-state index contributed by atoms with van der Waals surface area (Å²) in [6.07, 6.45) is 1.52. The largest absolute Gasteiger partial charge is 0.338 e. The third kappa shape index (κ3) is 3.46. The van der Waals surface area contributed by atoms with E-state index in [1.807, 2.05) is 82.6 Å². The highest BCUT2D eigenvalue weighted by Gasteiger charge is 2.26. The number of hydrogen-bond acceptors (Lipinski definition) is 3. The van der Waals surface area contributed by atoms with Crippen molar-refractivity contribution in [1.29, 1.82) is 0 Å². The van der Waals surface area contributed by atoms with Crippen LogP contribution in [0.3, 0.4) is 0 Å². The summed E-state index contributed by atoms with van der Waals surface area (Å²) in [6, 6.07) is 17.5. The zero-order valence-corrected chi connectivity index (χ0v) is 17.7. The summed E-state index contributed by atoms with van der Waals surface area (Å²) in [5.74, 6) is 0.0321. The topological polar surface area (TPSA) is 75.9 Å². The fraction of sp³-hybridized carbons (Fsp3) is 0.292. The molecule has 1 aliphatic heterocycles. The van der Waals surface area contributed by atoms with E-state index in [4.69, 9.17) is 0 Å². The molecule has 2 aromatic heterocycles. The zero-order valence-electron chi connectivity index (χ0n) is 17.7. The van der Waals surface area contributed by atoms with Gasteiger partial charge < -0.3 is 9.88 Å². The maximum atomic E-state index is 13.0. The first-order chi connectivity index (χ1) is 15.0. The second-order valence-electron chi connectivity index (χ2n) is 8.23. The number of amides is 1. The molecule has 1 saturated heterocycles. The highest BCUT2D eigenvalue weighted by molar-refractivity contribution is 5.94. The first kappa shape index (κ1) is 19.4. The Hall–Kier alpha value is -3.61. The maximum absolute atomic E-state index is 13.0. The van der Waals surface area contributed by atoms with Crippen molar-refractivity contribution in [1.82, 2.24) is 24.2 Å². The standard InChI is InChI=1S/C24H25N5O2/c1-16-15-17(2)29(26-16)20-9-7-18(8-10-20)23(30)27-13-11-19(12-14-27)28-22-6-4-3-5-21(22)25-24(28)31/h3-10,15,19H,11-14H2,1-2H3,(H,25,31). The Kier molecular flexibility index (Phi) is 4.73. The van der Waals surface area contributed by atoms with Crippen LogP contribution in [0.5, 0.6) is 0 Å². The number of likely N-dealkylation sites (tertiary alicyclic amines) is 1. The van der Waals surface area contributed by atoms with Crippen molar-refractivity contribution in [3.63, 3.8) is 0 Å². The van der Waals surface area contributed by atoms with Crippen molar-refractivity contribution in [2.24, 2.45) is 0 Å². The fourth-order valence-electron chi connectivity index (χ4n) is 4.58. The van der Waals surface area contributed by atoms with Gasteiger partial charge in [0.25, 0.3) is 5.91 Å². The lowest BCUT2D eigenvalue weighted by molar-refractivity contribution is 0.0695. The van der Waals surface area contributed by atoms with Gasteiger partial charge in [0.15, 0.2) is 0 Å². The molecule has 2 aromatic carbocycles. The SMILES string of the molecule is Cc1cc(C)n(-c2ccc(C(=O)N3CCC(n4c(=O)[nH]c5ccccc54)CC3)cc2)n1. The van der Waals surface area contributed by atoms with E-state index in [0.29, 0.717) is 18.7 Å². The number of nitrogens with one attached hydrogen (secondary N) is 1. The van der Waals surface area contributed by atoms with Crippen LogP contribution in [-0.2, 0) is 0 Å². The predicted molar refractivity (Wildman–Crippen MR) is 120 cm³/mol. The van der Waals surface area contributed by atoms with Gasteiger partial charge in [0.05, 0.1) is 22.4 Å². The second-order valence-corrected chi connectivity index (χ2v) is 8.23. The molecule has 0 aliphatic carbocycles. The highest BCUT2D eigenvalue weighted by atomic mass is 16.2. The van der Waals surface area contributed by atoms with Crippen molar-refractivity contribution in [3.8, 4) is 5.69 Å². The molecule has 3 heterocycles. The lowest BCUT2D eigenvalue weighted by Gasteiger charge is -2.32. The van der Waals surface area contributed by atoms with E-state index >= 15 is 0 Å². The van der Waals surface area contributed by atoms with Crippen LogP contribution in [0.4, 0.5) is 0 Å². The van der Waals surface area contributed by atoms with E-state index in [1.165, 1.54) is 0 Å². The molecular weight excluding hydrogens is 390 g/mol. The number of aromatic nitrogens is 4. The number of carbonyl (C=O) groups excluding carboxylic acids is 1. The van der Waals surface area contributed by atoms with Crippen LogP contribution in [-0.4, -0.2) is 43.2 Å². The van der Waals surface area contributed by atoms with Crippen molar-refractivity contribution in [2.45, 2.75) is 32.7 Å². The molecule has 1 aliphatic rings. The van der Waals surface area contributed by atoms with E-state index in [9.17, 15) is 9.59 Å². The number of fused-ring (bicyclic) bond motifs is 1. The smallest absolute Gasteiger partial charge is 0.326 e. The molecule has 0 atom stereocenters. The number of aromatic amines is 1.